The zero-order valence-electron chi connectivity index (χ0n) is 10.9. The number of ether oxygens (including phenoxy) is 3. The van der Waals surface area contributed by atoms with Crippen molar-refractivity contribution in [2.45, 2.75) is 18.9 Å². The quantitative estimate of drug-likeness (QED) is 0.876. The molecule has 0 radical (unpaired) electrons. The van der Waals surface area contributed by atoms with Crippen LogP contribution in [0.25, 0.3) is 11.1 Å². The third-order valence-electron chi connectivity index (χ3n) is 3.74. The number of nitrogen functional groups attached to an aromatic ring is 1. The van der Waals surface area contributed by atoms with Gasteiger partial charge in [-0.15, -0.1) is 0 Å². The van der Waals surface area contributed by atoms with Gasteiger partial charge in [0, 0.05) is 12.2 Å². The molecule has 0 bridgehead atoms. The zero-order valence-corrected chi connectivity index (χ0v) is 10.9. The Balaban J connectivity index is 1.79. The number of hydrogen-bond donors (Lipinski definition) is 2. The average molecular weight is 273 g/mol. The molecule has 1 aromatic heterocycles. The first kappa shape index (κ1) is 11.6. The van der Waals surface area contributed by atoms with Crippen LogP contribution in [0.2, 0.25) is 0 Å². The number of aromatic amines is 1. The van der Waals surface area contributed by atoms with E-state index < -0.39 is 0 Å². The maximum absolute atomic E-state index is 6.02. The van der Waals surface area contributed by atoms with E-state index in [1.54, 1.807) is 0 Å². The molecule has 0 amide bonds. The molecular formula is C14H15N3O3. The summed E-state index contributed by atoms with van der Waals surface area (Å²) in [5, 5.41) is 7.14. The first-order chi connectivity index (χ1) is 9.83. The van der Waals surface area contributed by atoms with Gasteiger partial charge in [-0.1, -0.05) is 6.07 Å². The van der Waals surface area contributed by atoms with E-state index in [4.69, 9.17) is 19.9 Å². The molecule has 6 nitrogen and oxygen atoms in total. The van der Waals surface area contributed by atoms with Crippen LogP contribution in [0.3, 0.4) is 0 Å². The minimum absolute atomic E-state index is 0.0419. The molecule has 0 spiro atoms. The fourth-order valence-corrected chi connectivity index (χ4v) is 2.76. The normalized spacial score (nSPS) is 20.5. The highest BCUT2D eigenvalue weighted by atomic mass is 16.7. The van der Waals surface area contributed by atoms with Gasteiger partial charge in [-0.2, -0.15) is 5.10 Å². The predicted octanol–water partition coefficient (Wildman–Crippen LogP) is 2.24. The summed E-state index contributed by atoms with van der Waals surface area (Å²) in [5.74, 6) is 1.98. The maximum atomic E-state index is 6.02. The third kappa shape index (κ3) is 1.72. The van der Waals surface area contributed by atoms with E-state index >= 15 is 0 Å². The largest absolute Gasteiger partial charge is 0.454 e. The van der Waals surface area contributed by atoms with Crippen LogP contribution in [0.15, 0.2) is 18.2 Å². The molecule has 1 unspecified atom stereocenters. The second-order valence-corrected chi connectivity index (χ2v) is 4.97. The second-order valence-electron chi connectivity index (χ2n) is 4.97. The molecule has 2 aromatic rings. The fraction of sp³-hybridized carbons (Fsp3) is 0.357. The van der Waals surface area contributed by atoms with E-state index in [9.17, 15) is 0 Å². The molecule has 4 rings (SSSR count). The van der Waals surface area contributed by atoms with Gasteiger partial charge in [-0.3, -0.25) is 5.10 Å². The van der Waals surface area contributed by atoms with Crippen LogP contribution in [0.4, 0.5) is 5.82 Å². The van der Waals surface area contributed by atoms with Gasteiger partial charge in [-0.05, 0) is 30.5 Å². The number of nitrogens with two attached hydrogens (primary N) is 1. The Morgan fingerprint density at radius 1 is 1.25 bits per heavy atom. The van der Waals surface area contributed by atoms with Crippen molar-refractivity contribution in [3.63, 3.8) is 0 Å². The fourth-order valence-electron chi connectivity index (χ4n) is 2.76. The summed E-state index contributed by atoms with van der Waals surface area (Å²) in [7, 11) is 0. The number of anilines is 1. The summed E-state index contributed by atoms with van der Waals surface area (Å²) < 4.78 is 16.5. The summed E-state index contributed by atoms with van der Waals surface area (Å²) in [6, 6.07) is 5.79. The van der Waals surface area contributed by atoms with Crippen LogP contribution in [-0.2, 0) is 4.74 Å². The third-order valence-corrected chi connectivity index (χ3v) is 3.74. The molecular weight excluding hydrogens is 258 g/mol. The van der Waals surface area contributed by atoms with E-state index in [2.05, 4.69) is 10.2 Å². The number of H-pyrrole nitrogens is 1. The van der Waals surface area contributed by atoms with E-state index in [-0.39, 0.29) is 12.9 Å². The van der Waals surface area contributed by atoms with Crippen LogP contribution in [0.1, 0.15) is 24.6 Å². The summed E-state index contributed by atoms with van der Waals surface area (Å²) in [5.41, 5.74) is 8.82. The highest BCUT2D eigenvalue weighted by molar-refractivity contribution is 5.78. The van der Waals surface area contributed by atoms with Crippen molar-refractivity contribution in [2.24, 2.45) is 0 Å². The van der Waals surface area contributed by atoms with Crippen LogP contribution >= 0.6 is 0 Å². The van der Waals surface area contributed by atoms with Gasteiger partial charge in [0.25, 0.3) is 0 Å². The van der Waals surface area contributed by atoms with Crippen molar-refractivity contribution >= 4 is 5.82 Å². The predicted molar refractivity (Wildman–Crippen MR) is 72.5 cm³/mol. The molecule has 2 aliphatic heterocycles. The van der Waals surface area contributed by atoms with Crippen LogP contribution in [-0.4, -0.2) is 23.6 Å². The number of rotatable bonds is 2. The van der Waals surface area contributed by atoms with Crippen molar-refractivity contribution < 1.29 is 14.2 Å². The smallest absolute Gasteiger partial charge is 0.231 e. The van der Waals surface area contributed by atoms with Gasteiger partial charge >= 0.3 is 0 Å². The van der Waals surface area contributed by atoms with E-state index in [1.807, 2.05) is 18.2 Å². The molecule has 6 heteroatoms. The van der Waals surface area contributed by atoms with E-state index in [0.717, 1.165) is 47.8 Å². The number of hydrogen-bond acceptors (Lipinski definition) is 5. The number of nitrogens with one attached hydrogen (secondary N) is 1. The summed E-state index contributed by atoms with van der Waals surface area (Å²) in [6.45, 7) is 1.04. The summed E-state index contributed by atoms with van der Waals surface area (Å²) in [6.07, 6.45) is 2.09. The Hall–Kier alpha value is -2.21. The minimum Gasteiger partial charge on any atom is -0.454 e. The van der Waals surface area contributed by atoms with Crippen molar-refractivity contribution in [1.29, 1.82) is 0 Å². The highest BCUT2D eigenvalue weighted by Gasteiger charge is 2.26. The lowest BCUT2D eigenvalue weighted by Crippen LogP contribution is -1.99. The Morgan fingerprint density at radius 2 is 2.15 bits per heavy atom. The van der Waals surface area contributed by atoms with Crippen LogP contribution in [0.5, 0.6) is 11.5 Å². The molecule has 3 heterocycles. The van der Waals surface area contributed by atoms with Gasteiger partial charge in [0.1, 0.15) is 0 Å². The molecule has 3 N–H and O–H groups in total. The lowest BCUT2D eigenvalue weighted by Gasteiger charge is -2.11. The molecule has 2 aliphatic rings. The first-order valence-electron chi connectivity index (χ1n) is 6.68. The monoisotopic (exact) mass is 273 g/mol. The molecule has 0 saturated carbocycles. The number of benzene rings is 1. The molecule has 1 atom stereocenters. The Bertz CT molecular complexity index is 647. The van der Waals surface area contributed by atoms with Gasteiger partial charge in [0.15, 0.2) is 17.3 Å². The van der Waals surface area contributed by atoms with Crippen molar-refractivity contribution in [3.8, 4) is 22.6 Å². The SMILES string of the molecule is Nc1n[nH]c(C2CCCO2)c1-c1ccc2c(c1)OCO2. The van der Waals surface area contributed by atoms with Crippen LogP contribution in [0, 0.1) is 0 Å². The van der Waals surface area contributed by atoms with Gasteiger partial charge in [0.05, 0.1) is 11.8 Å². The topological polar surface area (TPSA) is 82.4 Å². The Morgan fingerprint density at radius 3 is 3.00 bits per heavy atom. The summed E-state index contributed by atoms with van der Waals surface area (Å²) >= 11 is 0. The minimum atomic E-state index is 0.0419. The van der Waals surface area contributed by atoms with E-state index in [0.29, 0.717) is 5.82 Å². The van der Waals surface area contributed by atoms with Gasteiger partial charge < -0.3 is 19.9 Å². The van der Waals surface area contributed by atoms with E-state index in [1.165, 1.54) is 0 Å². The Labute approximate surface area is 115 Å². The highest BCUT2D eigenvalue weighted by Crippen LogP contribution is 2.41. The van der Waals surface area contributed by atoms with Gasteiger partial charge in [0.2, 0.25) is 6.79 Å². The average Bonchev–Trinajstić information content (AvgIpc) is 3.17. The van der Waals surface area contributed by atoms with Crippen molar-refractivity contribution in [1.82, 2.24) is 10.2 Å². The summed E-state index contributed by atoms with van der Waals surface area (Å²) in [4.78, 5) is 0. The van der Waals surface area contributed by atoms with Crippen molar-refractivity contribution in [3.05, 3.63) is 23.9 Å². The van der Waals surface area contributed by atoms with Gasteiger partial charge in [-0.25, -0.2) is 0 Å². The maximum Gasteiger partial charge on any atom is 0.231 e. The molecule has 0 aliphatic carbocycles. The van der Waals surface area contributed by atoms with Crippen molar-refractivity contribution in [2.75, 3.05) is 19.1 Å². The standard InChI is InChI=1S/C14H15N3O3/c15-14-12(13(16-17-14)10-2-1-5-18-10)8-3-4-9-11(6-8)20-7-19-9/h3-4,6,10H,1-2,5,7H2,(H3,15,16,17). The lowest BCUT2D eigenvalue weighted by atomic mass is 10.0. The lowest BCUT2D eigenvalue weighted by molar-refractivity contribution is 0.109. The first-order valence-corrected chi connectivity index (χ1v) is 6.68. The molecule has 104 valence electrons. The second kappa shape index (κ2) is 4.42. The number of nitrogens with zero attached hydrogens (tertiary/aromatic N) is 1. The molecule has 1 saturated heterocycles. The molecule has 1 fully saturated rings. The Kier molecular flexibility index (Phi) is 2.56. The van der Waals surface area contributed by atoms with Crippen LogP contribution < -0.4 is 15.2 Å². The number of aromatic nitrogens is 2. The zero-order chi connectivity index (χ0) is 13.5. The molecule has 20 heavy (non-hydrogen) atoms. The molecule has 1 aromatic carbocycles. The number of fused-ring (bicyclic) bond motifs is 1.